The van der Waals surface area contributed by atoms with Crippen LogP contribution < -0.4 is 10.3 Å². The average Bonchev–Trinajstić information content (AvgIpc) is 3.01. The van der Waals surface area contributed by atoms with Crippen molar-refractivity contribution >= 4 is 28.7 Å². The fraction of sp³-hybridized carbons (Fsp3) is 0.375. The zero-order valence-electron chi connectivity index (χ0n) is 24.3. The number of benzene rings is 2. The zero-order valence-corrected chi connectivity index (χ0v) is 25.1. The van der Waals surface area contributed by atoms with E-state index in [-0.39, 0.29) is 46.7 Å². The van der Waals surface area contributed by atoms with Crippen molar-refractivity contribution in [3.05, 3.63) is 93.9 Å². The number of pyridine rings is 1. The van der Waals surface area contributed by atoms with E-state index in [0.29, 0.717) is 23.4 Å². The van der Waals surface area contributed by atoms with Crippen molar-refractivity contribution in [3.63, 3.8) is 0 Å². The molecule has 0 bridgehead atoms. The lowest BCUT2D eigenvalue weighted by Gasteiger charge is -2.34. The molecule has 2 aromatic heterocycles. The van der Waals surface area contributed by atoms with Gasteiger partial charge in [0.05, 0.1) is 23.5 Å². The predicted octanol–water partition coefficient (Wildman–Crippen LogP) is 6.44. The Bertz CT molecular complexity index is 1690. The van der Waals surface area contributed by atoms with Crippen LogP contribution in [0.15, 0.2) is 65.6 Å². The molecule has 0 saturated carbocycles. The van der Waals surface area contributed by atoms with Gasteiger partial charge in [-0.25, -0.2) is 14.4 Å². The van der Waals surface area contributed by atoms with Gasteiger partial charge in [-0.2, -0.15) is 24.9 Å². The average molecular weight is 629 g/mol. The summed E-state index contributed by atoms with van der Waals surface area (Å²) in [6, 6.07) is 12.8. The predicted molar refractivity (Wildman–Crippen MR) is 162 cm³/mol. The SMILES string of the molecule is Cc1cc(CC(=O)N(CC2CCSCC2)[C@H](C)c2nc3ncccc3c(=O)n2-c2ccc(OCC(F)(F)F)cc2)ccc1F. The highest BCUT2D eigenvalue weighted by atomic mass is 32.2. The number of alkyl halides is 3. The van der Waals surface area contributed by atoms with Crippen LogP contribution in [0.5, 0.6) is 5.75 Å². The van der Waals surface area contributed by atoms with Crippen LogP contribution in [0.3, 0.4) is 0 Å². The van der Waals surface area contributed by atoms with Crippen LogP contribution in [-0.4, -0.2) is 56.2 Å². The van der Waals surface area contributed by atoms with Gasteiger partial charge in [0.15, 0.2) is 12.3 Å². The Balaban J connectivity index is 1.56. The molecule has 3 heterocycles. The molecular weight excluding hydrogens is 596 g/mol. The van der Waals surface area contributed by atoms with E-state index in [0.717, 1.165) is 24.3 Å². The summed E-state index contributed by atoms with van der Waals surface area (Å²) in [4.78, 5) is 38.7. The van der Waals surface area contributed by atoms with Gasteiger partial charge in [-0.05, 0) is 97.7 Å². The van der Waals surface area contributed by atoms with E-state index >= 15 is 0 Å². The summed E-state index contributed by atoms with van der Waals surface area (Å²) in [5.41, 5.74) is 1.26. The number of carbonyl (C=O) groups excluding carboxylic acids is 1. The van der Waals surface area contributed by atoms with Crippen molar-refractivity contribution in [2.24, 2.45) is 5.92 Å². The molecule has 1 amide bonds. The summed E-state index contributed by atoms with van der Waals surface area (Å²) >= 11 is 1.88. The normalized spacial score (nSPS) is 14.9. The summed E-state index contributed by atoms with van der Waals surface area (Å²) in [5.74, 6) is 1.94. The van der Waals surface area contributed by atoms with Gasteiger partial charge in [-0.15, -0.1) is 0 Å². The van der Waals surface area contributed by atoms with E-state index in [2.05, 4.69) is 4.98 Å². The molecule has 0 spiro atoms. The van der Waals surface area contributed by atoms with Crippen molar-refractivity contribution in [3.8, 4) is 11.4 Å². The summed E-state index contributed by atoms with van der Waals surface area (Å²) in [6.07, 6.45) is -1.05. The zero-order chi connectivity index (χ0) is 31.4. The van der Waals surface area contributed by atoms with E-state index in [1.807, 2.05) is 11.8 Å². The van der Waals surface area contributed by atoms with Gasteiger partial charge < -0.3 is 9.64 Å². The van der Waals surface area contributed by atoms with E-state index in [1.54, 1.807) is 43.0 Å². The standard InChI is InChI=1S/C32H32F4N4O3S/c1-20-16-23(5-10-27(20)33)17-28(41)39(18-22-11-14-44-15-12-22)21(2)30-38-29-26(4-3-13-37-29)31(42)40(30)24-6-8-25(9-7-24)43-19-32(34,35)36/h3-10,13,16,21-22H,11-12,14-15,17-19H2,1-2H3/t21-/m1/s1. The quantitative estimate of drug-likeness (QED) is 0.199. The molecule has 232 valence electrons. The Kier molecular flexibility index (Phi) is 9.57. The number of hydrogen-bond acceptors (Lipinski definition) is 6. The first kappa shape index (κ1) is 31.5. The second kappa shape index (κ2) is 13.4. The van der Waals surface area contributed by atoms with Crippen molar-refractivity contribution in [1.82, 2.24) is 19.4 Å². The number of fused-ring (bicyclic) bond motifs is 1. The number of nitrogens with zero attached hydrogens (tertiary/aromatic N) is 4. The molecule has 44 heavy (non-hydrogen) atoms. The monoisotopic (exact) mass is 628 g/mol. The van der Waals surface area contributed by atoms with Gasteiger partial charge in [-0.1, -0.05) is 12.1 Å². The summed E-state index contributed by atoms with van der Waals surface area (Å²) in [6.45, 7) is 2.45. The van der Waals surface area contributed by atoms with E-state index in [9.17, 15) is 27.2 Å². The Hall–Kier alpha value is -3.93. The van der Waals surface area contributed by atoms with Crippen LogP contribution in [0.2, 0.25) is 0 Å². The molecule has 0 aliphatic carbocycles. The van der Waals surface area contributed by atoms with Gasteiger partial charge in [0.2, 0.25) is 5.91 Å². The van der Waals surface area contributed by atoms with Gasteiger partial charge >= 0.3 is 6.18 Å². The van der Waals surface area contributed by atoms with Crippen LogP contribution in [0.4, 0.5) is 17.6 Å². The fourth-order valence-electron chi connectivity index (χ4n) is 5.34. The number of aryl methyl sites for hydroxylation is 1. The molecule has 1 saturated heterocycles. The second-order valence-electron chi connectivity index (χ2n) is 10.9. The molecule has 5 rings (SSSR count). The number of carbonyl (C=O) groups is 1. The molecule has 1 atom stereocenters. The molecule has 2 aromatic carbocycles. The van der Waals surface area contributed by atoms with Crippen molar-refractivity contribution < 1.29 is 27.1 Å². The van der Waals surface area contributed by atoms with Gasteiger partial charge in [-0.3, -0.25) is 14.2 Å². The third kappa shape index (κ3) is 7.40. The van der Waals surface area contributed by atoms with E-state index in [4.69, 9.17) is 9.72 Å². The Morgan fingerprint density at radius 3 is 2.55 bits per heavy atom. The van der Waals surface area contributed by atoms with Crippen LogP contribution in [0.1, 0.15) is 42.8 Å². The Labute approximate surface area is 256 Å². The molecule has 1 aliphatic heterocycles. The molecule has 0 unspecified atom stereocenters. The maximum Gasteiger partial charge on any atom is 0.422 e. The number of amides is 1. The summed E-state index contributed by atoms with van der Waals surface area (Å²) < 4.78 is 58.2. The van der Waals surface area contributed by atoms with Crippen molar-refractivity contribution in [1.29, 1.82) is 0 Å². The molecule has 12 heteroatoms. The van der Waals surface area contributed by atoms with Crippen LogP contribution in [0, 0.1) is 18.7 Å². The highest BCUT2D eigenvalue weighted by Crippen LogP contribution is 2.30. The maximum absolute atomic E-state index is 14.0. The first-order valence-corrected chi connectivity index (χ1v) is 15.5. The topological polar surface area (TPSA) is 77.3 Å². The molecule has 1 aliphatic rings. The highest BCUT2D eigenvalue weighted by molar-refractivity contribution is 7.99. The lowest BCUT2D eigenvalue weighted by molar-refractivity contribution is -0.153. The first-order valence-electron chi connectivity index (χ1n) is 14.3. The first-order chi connectivity index (χ1) is 21.0. The molecule has 1 fully saturated rings. The number of rotatable bonds is 9. The lowest BCUT2D eigenvalue weighted by Crippen LogP contribution is -2.41. The van der Waals surface area contributed by atoms with Crippen LogP contribution in [0.25, 0.3) is 16.7 Å². The largest absolute Gasteiger partial charge is 0.484 e. The Morgan fingerprint density at radius 1 is 1.14 bits per heavy atom. The number of hydrogen-bond donors (Lipinski definition) is 0. The molecule has 4 aromatic rings. The minimum atomic E-state index is -4.49. The van der Waals surface area contributed by atoms with Gasteiger partial charge in [0.25, 0.3) is 5.56 Å². The van der Waals surface area contributed by atoms with E-state index in [1.165, 1.54) is 41.1 Å². The second-order valence-corrected chi connectivity index (χ2v) is 12.1. The number of halogens is 4. The van der Waals surface area contributed by atoms with E-state index < -0.39 is 24.4 Å². The molecule has 7 nitrogen and oxygen atoms in total. The maximum atomic E-state index is 14.0. The van der Waals surface area contributed by atoms with Crippen LogP contribution in [-0.2, 0) is 11.2 Å². The minimum Gasteiger partial charge on any atom is -0.484 e. The number of aromatic nitrogens is 3. The molecule has 0 radical (unpaired) electrons. The third-order valence-electron chi connectivity index (χ3n) is 7.70. The fourth-order valence-corrected chi connectivity index (χ4v) is 6.54. The third-order valence-corrected chi connectivity index (χ3v) is 8.75. The Morgan fingerprint density at radius 2 is 1.86 bits per heavy atom. The van der Waals surface area contributed by atoms with Crippen LogP contribution >= 0.6 is 11.8 Å². The highest BCUT2D eigenvalue weighted by Gasteiger charge is 2.31. The summed E-state index contributed by atoms with van der Waals surface area (Å²) in [5, 5.41) is 0.254. The molecule has 0 N–H and O–H groups in total. The smallest absolute Gasteiger partial charge is 0.422 e. The van der Waals surface area contributed by atoms with Gasteiger partial charge in [0.1, 0.15) is 17.4 Å². The lowest BCUT2D eigenvalue weighted by atomic mass is 10.00. The van der Waals surface area contributed by atoms with Crippen molar-refractivity contribution in [2.75, 3.05) is 24.7 Å². The van der Waals surface area contributed by atoms with Crippen molar-refractivity contribution in [2.45, 2.75) is 45.3 Å². The number of ether oxygens (including phenoxy) is 1. The minimum absolute atomic E-state index is 0.00861. The number of thioether (sulfide) groups is 1. The molecular formula is C32H32F4N4O3S. The summed E-state index contributed by atoms with van der Waals surface area (Å²) in [7, 11) is 0. The van der Waals surface area contributed by atoms with Gasteiger partial charge in [0, 0.05) is 12.7 Å².